The zero-order chi connectivity index (χ0) is 18.9. The third-order valence-corrected chi connectivity index (χ3v) is 5.16. The Labute approximate surface area is 163 Å². The first-order chi connectivity index (χ1) is 12.5. The molecule has 3 N–H and O–H groups in total. The molecular formula is C18H26ClN5OS. The fourth-order valence-corrected chi connectivity index (χ4v) is 3.45. The highest BCUT2D eigenvalue weighted by atomic mass is 35.5. The number of halogens is 1. The van der Waals surface area contributed by atoms with Gasteiger partial charge in [0.15, 0.2) is 5.82 Å². The van der Waals surface area contributed by atoms with Crippen LogP contribution in [-0.4, -0.2) is 32.6 Å². The van der Waals surface area contributed by atoms with E-state index in [9.17, 15) is 4.79 Å². The normalized spacial score (nSPS) is 12.1. The lowest BCUT2D eigenvalue weighted by atomic mass is 10.1. The minimum atomic E-state index is -0.0229. The molecule has 142 valence electrons. The van der Waals surface area contributed by atoms with Gasteiger partial charge in [0.05, 0.1) is 5.75 Å². The maximum absolute atomic E-state index is 12.1. The van der Waals surface area contributed by atoms with Gasteiger partial charge in [-0.05, 0) is 25.5 Å². The molecule has 2 aromatic rings. The maximum Gasteiger partial charge on any atom is 0.230 e. The van der Waals surface area contributed by atoms with Crippen molar-refractivity contribution in [2.45, 2.75) is 57.1 Å². The zero-order valence-electron chi connectivity index (χ0n) is 15.2. The van der Waals surface area contributed by atoms with Crippen molar-refractivity contribution < 1.29 is 4.79 Å². The zero-order valence-corrected chi connectivity index (χ0v) is 16.8. The largest absolute Gasteiger partial charge is 0.353 e. The molecule has 0 aliphatic heterocycles. The summed E-state index contributed by atoms with van der Waals surface area (Å²) in [5.74, 6) is 6.81. The lowest BCUT2D eigenvalue weighted by Crippen LogP contribution is -2.33. The molecule has 1 aromatic heterocycles. The highest BCUT2D eigenvalue weighted by Crippen LogP contribution is 2.23. The lowest BCUT2D eigenvalue weighted by molar-refractivity contribution is -0.119. The molecule has 0 saturated carbocycles. The van der Waals surface area contributed by atoms with Crippen LogP contribution in [0.2, 0.25) is 5.02 Å². The van der Waals surface area contributed by atoms with Crippen molar-refractivity contribution >= 4 is 29.3 Å². The summed E-state index contributed by atoms with van der Waals surface area (Å²) >= 11 is 7.27. The van der Waals surface area contributed by atoms with Crippen molar-refractivity contribution in [3.05, 3.63) is 29.3 Å². The number of nitrogen functional groups attached to an aromatic ring is 1. The first kappa shape index (κ1) is 20.6. The summed E-state index contributed by atoms with van der Waals surface area (Å²) in [6.45, 7) is 4.23. The number of hydrogen-bond acceptors (Lipinski definition) is 5. The number of nitrogens with two attached hydrogens (primary N) is 1. The van der Waals surface area contributed by atoms with E-state index in [-0.39, 0.29) is 17.7 Å². The van der Waals surface area contributed by atoms with Gasteiger partial charge in [0.1, 0.15) is 0 Å². The number of benzene rings is 1. The molecule has 6 nitrogen and oxygen atoms in total. The summed E-state index contributed by atoms with van der Waals surface area (Å²) in [5.41, 5.74) is 0.782. The number of carbonyl (C=O) groups excluding carboxylic acids is 1. The quantitative estimate of drug-likeness (QED) is 0.362. The van der Waals surface area contributed by atoms with E-state index >= 15 is 0 Å². The Balaban J connectivity index is 1.83. The van der Waals surface area contributed by atoms with Crippen molar-refractivity contribution in [2.75, 3.05) is 11.6 Å². The lowest BCUT2D eigenvalue weighted by Gasteiger charge is -2.13. The Morgan fingerprint density at radius 2 is 2.15 bits per heavy atom. The minimum absolute atomic E-state index is 0.0229. The Morgan fingerprint density at radius 3 is 2.88 bits per heavy atom. The van der Waals surface area contributed by atoms with Gasteiger partial charge in [-0.15, -0.1) is 10.2 Å². The molecule has 1 atom stereocenters. The standard InChI is InChI=1S/C18H26ClN5OS/c1-3-4-5-6-8-13(2)21-16(25)12-26-18-23-22-17(24(18)20)14-9-7-10-15(19)11-14/h7,9-11,13H,3-6,8,12,20H2,1-2H3,(H,21,25)/t13-/m0/s1. The van der Waals surface area contributed by atoms with E-state index in [1.165, 1.54) is 35.7 Å². The second kappa shape index (κ2) is 10.4. The highest BCUT2D eigenvalue weighted by molar-refractivity contribution is 7.99. The molecule has 0 fully saturated rings. The van der Waals surface area contributed by atoms with Gasteiger partial charge in [-0.2, -0.15) is 0 Å². The monoisotopic (exact) mass is 395 g/mol. The van der Waals surface area contributed by atoms with E-state index in [0.717, 1.165) is 18.4 Å². The van der Waals surface area contributed by atoms with Gasteiger partial charge in [-0.1, -0.05) is 68.1 Å². The average molecular weight is 396 g/mol. The molecule has 1 aromatic carbocycles. The predicted octanol–water partition coefficient (Wildman–Crippen LogP) is 3.88. The van der Waals surface area contributed by atoms with Crippen LogP contribution in [0.3, 0.4) is 0 Å². The molecule has 0 unspecified atom stereocenters. The molecule has 0 bridgehead atoms. The molecule has 0 aliphatic rings. The van der Waals surface area contributed by atoms with E-state index in [1.54, 1.807) is 12.1 Å². The van der Waals surface area contributed by atoms with Crippen molar-refractivity contribution in [1.29, 1.82) is 0 Å². The van der Waals surface area contributed by atoms with Crippen molar-refractivity contribution in [3.63, 3.8) is 0 Å². The number of unbranched alkanes of at least 4 members (excludes halogenated alkanes) is 3. The van der Waals surface area contributed by atoms with Crippen LogP contribution >= 0.6 is 23.4 Å². The van der Waals surface area contributed by atoms with E-state index in [4.69, 9.17) is 17.4 Å². The number of amides is 1. The van der Waals surface area contributed by atoms with Crippen LogP contribution in [0, 0.1) is 0 Å². The maximum atomic E-state index is 12.1. The summed E-state index contributed by atoms with van der Waals surface area (Å²) in [7, 11) is 0. The summed E-state index contributed by atoms with van der Waals surface area (Å²) < 4.78 is 1.39. The van der Waals surface area contributed by atoms with Gasteiger partial charge >= 0.3 is 0 Å². The number of hydrogen-bond donors (Lipinski definition) is 2. The van der Waals surface area contributed by atoms with Gasteiger partial charge < -0.3 is 11.2 Å². The van der Waals surface area contributed by atoms with Gasteiger partial charge in [-0.3, -0.25) is 4.79 Å². The molecule has 0 aliphatic carbocycles. The number of nitrogens with zero attached hydrogens (tertiary/aromatic N) is 3. The Hall–Kier alpha value is -1.73. The molecular weight excluding hydrogens is 370 g/mol. The van der Waals surface area contributed by atoms with Crippen LogP contribution in [0.25, 0.3) is 11.4 Å². The topological polar surface area (TPSA) is 85.8 Å². The SMILES string of the molecule is CCCCCC[C@H](C)NC(=O)CSc1nnc(-c2cccc(Cl)c2)n1N. The molecule has 1 amide bonds. The first-order valence-electron chi connectivity index (χ1n) is 8.89. The summed E-state index contributed by atoms with van der Waals surface area (Å²) in [6, 6.07) is 7.43. The van der Waals surface area contributed by atoms with Crippen LogP contribution in [0.5, 0.6) is 0 Å². The summed E-state index contributed by atoms with van der Waals surface area (Å²) in [6.07, 6.45) is 5.82. The number of rotatable bonds is 10. The van der Waals surface area contributed by atoms with E-state index < -0.39 is 0 Å². The minimum Gasteiger partial charge on any atom is -0.353 e. The average Bonchev–Trinajstić information content (AvgIpc) is 2.97. The van der Waals surface area contributed by atoms with Crippen LogP contribution < -0.4 is 11.2 Å². The molecule has 2 rings (SSSR count). The smallest absolute Gasteiger partial charge is 0.230 e. The number of carbonyl (C=O) groups is 1. The Bertz CT molecular complexity index is 721. The van der Waals surface area contributed by atoms with Crippen LogP contribution in [-0.2, 0) is 4.79 Å². The molecule has 1 heterocycles. The van der Waals surface area contributed by atoms with Crippen LogP contribution in [0.4, 0.5) is 0 Å². The van der Waals surface area contributed by atoms with E-state index in [0.29, 0.717) is 16.0 Å². The fraction of sp³-hybridized carbons (Fsp3) is 0.500. The number of nitrogens with one attached hydrogen (secondary N) is 1. The Morgan fingerprint density at radius 1 is 1.35 bits per heavy atom. The second-order valence-corrected chi connectivity index (χ2v) is 7.67. The first-order valence-corrected chi connectivity index (χ1v) is 10.3. The van der Waals surface area contributed by atoms with Crippen LogP contribution in [0.1, 0.15) is 46.0 Å². The molecule has 0 spiro atoms. The van der Waals surface area contributed by atoms with Crippen molar-refractivity contribution in [2.24, 2.45) is 0 Å². The number of aromatic nitrogens is 3. The van der Waals surface area contributed by atoms with Crippen molar-refractivity contribution in [1.82, 2.24) is 20.2 Å². The Kier molecular flexibility index (Phi) is 8.25. The predicted molar refractivity (Wildman–Crippen MR) is 108 cm³/mol. The molecule has 0 saturated heterocycles. The van der Waals surface area contributed by atoms with Gasteiger partial charge in [0, 0.05) is 16.6 Å². The summed E-state index contributed by atoms with van der Waals surface area (Å²) in [4.78, 5) is 12.1. The second-order valence-electron chi connectivity index (χ2n) is 6.29. The van der Waals surface area contributed by atoms with Crippen molar-refractivity contribution in [3.8, 4) is 11.4 Å². The third-order valence-electron chi connectivity index (χ3n) is 3.98. The fourth-order valence-electron chi connectivity index (χ4n) is 2.60. The number of thioether (sulfide) groups is 1. The molecule has 26 heavy (non-hydrogen) atoms. The van der Waals surface area contributed by atoms with Gasteiger partial charge in [0.25, 0.3) is 0 Å². The summed E-state index contributed by atoms with van der Waals surface area (Å²) in [5, 5.41) is 12.3. The van der Waals surface area contributed by atoms with Gasteiger partial charge in [-0.25, -0.2) is 4.68 Å². The van der Waals surface area contributed by atoms with Crippen LogP contribution in [0.15, 0.2) is 29.4 Å². The van der Waals surface area contributed by atoms with Gasteiger partial charge in [0.2, 0.25) is 11.1 Å². The third kappa shape index (κ3) is 6.21. The molecule has 8 heteroatoms. The van der Waals surface area contributed by atoms with E-state index in [1.807, 2.05) is 19.1 Å². The molecule has 0 radical (unpaired) electrons. The highest BCUT2D eigenvalue weighted by Gasteiger charge is 2.15. The van der Waals surface area contributed by atoms with E-state index in [2.05, 4.69) is 22.4 Å².